The number of halogens is 2. The predicted octanol–water partition coefficient (Wildman–Crippen LogP) is 11.1. The number of aromatic nitrogens is 8. The highest BCUT2D eigenvalue weighted by molar-refractivity contribution is 7.90. The molecular formula is C67H86Cl2N14O9S3. The molecular weight excluding hydrogens is 1310 g/mol. The number of fused-ring (bicyclic) bond motifs is 4. The summed E-state index contributed by atoms with van der Waals surface area (Å²) in [6, 6.07) is 23.0. The number of nitrogens with zero attached hydrogens (tertiary/aromatic N) is 9. The van der Waals surface area contributed by atoms with E-state index in [0.29, 0.717) is 54.0 Å². The van der Waals surface area contributed by atoms with Crippen LogP contribution >= 0.6 is 23.2 Å². The third kappa shape index (κ3) is 16.1. The van der Waals surface area contributed by atoms with Crippen LogP contribution in [0.15, 0.2) is 102 Å². The summed E-state index contributed by atoms with van der Waals surface area (Å²) in [7, 11) is -9.58. The standard InChI is InChI=1S/C19H28N4O3S.C19H28N4O2S.C15H18ClN3O2.C14H12ClN3O2S/c1-19(2)12-14(4-5-23(19)27(3,24)25)16-10-15(22-6-8-26-9-7-22)11-18-17(16)13-20-21-18;1-19(2)12-14(6-9-23(19)26(3,24)25)16-10-15(22-7-4-5-8-22)11-18-17(16)13-20-21-18;1-9(20)15(21)19-4-2-10(3-5-19)12-6-11(16)7-14-13(12)8-17-18-14;1-21(19,20)11-4-2-10(3-5-11)17-13-6-9(15)7-14-12(13)8-16-18-14/h10-11,13-14H,4-9,12H2,1-3H3,(H,20,21);10-11,13-14H,4-9,12H2,1-3H3,(H,20,21);6-10,20H,2-5H2,1H3,(H,17,18);2-8,17H,1H3,(H,16,18). The number of hydrogen-bond acceptors (Lipinski definition) is 16. The molecule has 5 saturated heterocycles. The minimum atomic E-state index is -3.20. The summed E-state index contributed by atoms with van der Waals surface area (Å²) in [6.07, 6.45) is 17.8. The number of nitrogens with one attached hydrogen (secondary N) is 5. The molecule has 3 unspecified atom stereocenters. The maximum Gasteiger partial charge on any atom is 0.251 e. The molecule has 0 radical (unpaired) electrons. The van der Waals surface area contributed by atoms with Crippen LogP contribution in [0.3, 0.4) is 0 Å². The molecule has 4 aromatic heterocycles. The maximum atomic E-state index is 12.2. The number of aromatic amines is 4. The van der Waals surface area contributed by atoms with Gasteiger partial charge < -0.3 is 29.9 Å². The Kier molecular flexibility index (Phi) is 20.7. The van der Waals surface area contributed by atoms with E-state index in [0.717, 1.165) is 128 Å². The van der Waals surface area contributed by atoms with E-state index in [2.05, 4.69) is 80.2 Å². The van der Waals surface area contributed by atoms with E-state index < -0.39 is 41.5 Å². The molecule has 5 aromatic carbocycles. The van der Waals surface area contributed by atoms with Gasteiger partial charge in [0.15, 0.2) is 9.84 Å². The van der Waals surface area contributed by atoms with Gasteiger partial charge in [0.1, 0.15) is 6.10 Å². The molecule has 9 heterocycles. The Balaban J connectivity index is 0.000000130. The number of likely N-dealkylation sites (tertiary alicyclic amines) is 1. The Bertz CT molecular complexity index is 4560. The van der Waals surface area contributed by atoms with E-state index in [1.54, 1.807) is 56.1 Å². The molecule has 3 atom stereocenters. The van der Waals surface area contributed by atoms with Gasteiger partial charge in [-0.2, -0.15) is 29.0 Å². The van der Waals surface area contributed by atoms with Crippen LogP contribution in [0, 0.1) is 0 Å². The first kappa shape index (κ1) is 69.5. The maximum absolute atomic E-state index is 12.2. The minimum Gasteiger partial charge on any atom is -0.384 e. The number of aliphatic hydroxyl groups excluding tert-OH is 1. The van der Waals surface area contributed by atoms with Crippen LogP contribution < -0.4 is 15.1 Å². The quantitative estimate of drug-likeness (QED) is 0.0701. The second-order valence-electron chi connectivity index (χ2n) is 27.0. The van der Waals surface area contributed by atoms with Gasteiger partial charge in [0.2, 0.25) is 20.0 Å². The van der Waals surface area contributed by atoms with Crippen LogP contribution in [0.1, 0.15) is 120 Å². The fourth-order valence-electron chi connectivity index (χ4n) is 14.6. The molecule has 0 saturated carbocycles. The van der Waals surface area contributed by atoms with Crippen molar-refractivity contribution in [1.82, 2.24) is 54.3 Å². The number of benzene rings is 5. The summed E-state index contributed by atoms with van der Waals surface area (Å²) in [5.41, 5.74) is 10.9. The third-order valence-electron chi connectivity index (χ3n) is 19.1. The average Bonchev–Trinajstić information content (AvgIpc) is 1.70. The normalized spacial score (nSPS) is 20.2. The van der Waals surface area contributed by atoms with Crippen molar-refractivity contribution in [2.24, 2.45) is 0 Å². The Morgan fingerprint density at radius 2 is 0.968 bits per heavy atom. The number of amides is 1. The fraction of sp³-hybridized carbons (Fsp3) is 0.478. The summed E-state index contributed by atoms with van der Waals surface area (Å²) >= 11 is 12.2. The van der Waals surface area contributed by atoms with E-state index in [-0.39, 0.29) is 16.3 Å². The largest absolute Gasteiger partial charge is 0.384 e. The lowest BCUT2D eigenvalue weighted by Gasteiger charge is -2.44. The highest BCUT2D eigenvalue weighted by Crippen LogP contribution is 2.45. The van der Waals surface area contributed by atoms with Crippen LogP contribution in [0.5, 0.6) is 0 Å². The van der Waals surface area contributed by atoms with Gasteiger partial charge >= 0.3 is 0 Å². The zero-order valence-electron chi connectivity index (χ0n) is 55.0. The van der Waals surface area contributed by atoms with Gasteiger partial charge in [0.25, 0.3) is 5.91 Å². The van der Waals surface area contributed by atoms with Crippen molar-refractivity contribution in [2.45, 2.75) is 126 Å². The van der Waals surface area contributed by atoms with Gasteiger partial charge in [0, 0.05) is 118 Å². The monoisotopic (exact) mass is 1400 g/mol. The first-order valence-corrected chi connectivity index (χ1v) is 38.6. The summed E-state index contributed by atoms with van der Waals surface area (Å²) in [5.74, 6) is 0.819. The van der Waals surface area contributed by atoms with Crippen LogP contribution in [0.2, 0.25) is 10.0 Å². The fourth-order valence-corrected chi connectivity index (χ4v) is 18.5. The first-order chi connectivity index (χ1) is 45.0. The lowest BCUT2D eigenvalue weighted by molar-refractivity contribution is -0.140. The van der Waals surface area contributed by atoms with Gasteiger partial charge in [-0.25, -0.2) is 25.3 Å². The molecule has 95 heavy (non-hydrogen) atoms. The number of aliphatic hydroxyl groups is 1. The number of morpholine rings is 1. The van der Waals surface area contributed by atoms with Crippen LogP contribution in [0.25, 0.3) is 43.6 Å². The number of hydrogen-bond donors (Lipinski definition) is 6. The molecule has 5 fully saturated rings. The van der Waals surface area contributed by atoms with Gasteiger partial charge in [-0.1, -0.05) is 23.2 Å². The van der Waals surface area contributed by atoms with Crippen molar-refractivity contribution in [3.63, 3.8) is 0 Å². The average molecular weight is 1400 g/mol. The molecule has 28 heteroatoms. The molecule has 14 rings (SSSR count). The van der Waals surface area contributed by atoms with Gasteiger partial charge in [-0.3, -0.25) is 25.2 Å². The van der Waals surface area contributed by atoms with Crippen molar-refractivity contribution in [3.8, 4) is 0 Å². The number of piperidine rings is 3. The van der Waals surface area contributed by atoms with Crippen molar-refractivity contribution in [2.75, 3.05) is 99.5 Å². The molecule has 510 valence electrons. The van der Waals surface area contributed by atoms with Crippen molar-refractivity contribution in [3.05, 3.63) is 124 Å². The number of rotatable bonds is 11. The van der Waals surface area contributed by atoms with Crippen molar-refractivity contribution >= 4 is 125 Å². The zero-order valence-corrected chi connectivity index (χ0v) is 59.0. The first-order valence-electron chi connectivity index (χ1n) is 32.3. The Morgan fingerprint density at radius 1 is 0.558 bits per heavy atom. The molecule has 6 N–H and O–H groups in total. The van der Waals surface area contributed by atoms with Crippen LogP contribution in [0.4, 0.5) is 22.7 Å². The number of carbonyl (C=O) groups is 1. The minimum absolute atomic E-state index is 0.187. The lowest BCUT2D eigenvalue weighted by atomic mass is 9.79. The number of H-pyrrole nitrogens is 4. The highest BCUT2D eigenvalue weighted by atomic mass is 35.5. The second-order valence-corrected chi connectivity index (χ2v) is 33.7. The molecule has 5 aliphatic heterocycles. The van der Waals surface area contributed by atoms with E-state index in [9.17, 15) is 35.2 Å². The van der Waals surface area contributed by atoms with Crippen LogP contribution in [-0.4, -0.2) is 192 Å². The van der Waals surface area contributed by atoms with E-state index in [4.69, 9.17) is 27.9 Å². The molecule has 5 aliphatic rings. The Labute approximate surface area is 565 Å². The molecule has 9 aromatic rings. The molecule has 23 nitrogen and oxygen atoms in total. The number of carbonyl (C=O) groups excluding carboxylic acids is 1. The molecule has 0 bridgehead atoms. The van der Waals surface area contributed by atoms with Gasteiger partial charge in [-0.15, -0.1) is 0 Å². The Hall–Kier alpha value is -6.88. The summed E-state index contributed by atoms with van der Waals surface area (Å²) in [6.45, 7) is 17.6. The van der Waals surface area contributed by atoms with E-state index in [1.807, 2.05) is 58.4 Å². The number of anilines is 4. The Morgan fingerprint density at radius 3 is 1.41 bits per heavy atom. The SMILES string of the molecule is CC(O)C(=O)N1CCC(c2cc(Cl)cc3[nH]ncc23)CC1.CC1(C)CC(c2cc(N3CCCC3)cc3[nH]ncc23)CCN1S(C)(=O)=O.CC1(C)CC(c2cc(N3CCOCC3)cc3[nH]ncc23)CCN1S(C)(=O)=O.CS(=O)(=O)c1ccc(Nc2cc(Cl)cc3[nH]ncc23)cc1. The molecule has 0 aliphatic carbocycles. The van der Waals surface area contributed by atoms with Gasteiger partial charge in [-0.05, 0) is 193 Å². The van der Waals surface area contributed by atoms with Crippen molar-refractivity contribution in [1.29, 1.82) is 0 Å². The smallest absolute Gasteiger partial charge is 0.251 e. The predicted molar refractivity (Wildman–Crippen MR) is 377 cm³/mol. The molecule has 1 amide bonds. The zero-order chi connectivity index (χ0) is 67.8. The molecule has 0 spiro atoms. The number of ether oxygens (including phenoxy) is 1. The van der Waals surface area contributed by atoms with E-state index >= 15 is 0 Å². The summed E-state index contributed by atoms with van der Waals surface area (Å²) < 4.78 is 80.3. The second kappa shape index (κ2) is 28.3. The topological polar surface area (TPSA) is 292 Å². The van der Waals surface area contributed by atoms with Crippen molar-refractivity contribution < 1.29 is 39.9 Å². The van der Waals surface area contributed by atoms with E-state index in [1.165, 1.54) is 72.0 Å². The number of sulfonamides is 2. The summed E-state index contributed by atoms with van der Waals surface area (Å²) in [4.78, 5) is 18.6. The third-order valence-corrected chi connectivity index (χ3v) is 23.6. The summed E-state index contributed by atoms with van der Waals surface area (Å²) in [5, 5.41) is 46.9. The lowest BCUT2D eigenvalue weighted by Crippen LogP contribution is -2.51. The van der Waals surface area contributed by atoms with Gasteiger partial charge in [0.05, 0.1) is 83.2 Å². The number of sulfone groups is 1. The van der Waals surface area contributed by atoms with Crippen LogP contribution in [-0.2, 0) is 39.4 Å². The highest BCUT2D eigenvalue weighted by Gasteiger charge is 2.42.